The third kappa shape index (κ3) is 6.78. The first kappa shape index (κ1) is 24.3. The average molecular weight is 460 g/mol. The normalized spacial score (nSPS) is 11.7. The maximum Gasteiger partial charge on any atom is 0.416 e. The Morgan fingerprint density at radius 3 is 2.32 bits per heavy atom. The number of hydrogen-bond acceptors (Lipinski definition) is 5. The van der Waals surface area contributed by atoms with Gasteiger partial charge in [0.25, 0.3) is 0 Å². The van der Waals surface area contributed by atoms with Crippen molar-refractivity contribution in [3.63, 3.8) is 0 Å². The summed E-state index contributed by atoms with van der Waals surface area (Å²) in [6.07, 6.45) is -3.39. The molecule has 0 fully saturated rings. The second-order valence-corrected chi connectivity index (χ2v) is 8.51. The molecule has 0 unspecified atom stereocenters. The molecule has 170 valence electrons. The van der Waals surface area contributed by atoms with Gasteiger partial charge in [0.05, 0.1) is 31.7 Å². The van der Waals surface area contributed by atoms with E-state index >= 15 is 0 Å². The number of sulfonamides is 1. The average Bonchev–Trinajstić information content (AvgIpc) is 2.70. The fourth-order valence-corrected chi connectivity index (χ4v) is 3.65. The molecule has 11 heteroatoms. The van der Waals surface area contributed by atoms with E-state index in [2.05, 4.69) is 5.32 Å². The molecule has 1 amide bonds. The zero-order chi connectivity index (χ0) is 23.2. The Morgan fingerprint density at radius 2 is 1.74 bits per heavy atom. The van der Waals surface area contributed by atoms with Crippen molar-refractivity contribution in [1.29, 1.82) is 0 Å². The lowest BCUT2D eigenvalue weighted by atomic mass is 10.1. The molecule has 0 radical (unpaired) electrons. The van der Waals surface area contributed by atoms with Gasteiger partial charge in [-0.25, -0.2) is 8.42 Å². The van der Waals surface area contributed by atoms with Crippen LogP contribution in [-0.2, 0) is 27.4 Å². The molecule has 1 N–H and O–H groups in total. The van der Waals surface area contributed by atoms with Crippen molar-refractivity contribution in [2.45, 2.75) is 12.6 Å². The molecule has 2 aromatic carbocycles. The summed E-state index contributed by atoms with van der Waals surface area (Å²) in [6.45, 7) is -0.458. The molecule has 0 aliphatic rings. The van der Waals surface area contributed by atoms with Gasteiger partial charge in [-0.05, 0) is 42.3 Å². The molecule has 2 rings (SSSR count). The number of hydrogen-bond donors (Lipinski definition) is 1. The minimum Gasteiger partial charge on any atom is -0.493 e. The van der Waals surface area contributed by atoms with Gasteiger partial charge in [-0.15, -0.1) is 0 Å². The van der Waals surface area contributed by atoms with Crippen LogP contribution in [0.25, 0.3) is 0 Å². The number of halogens is 3. The van der Waals surface area contributed by atoms with Crippen LogP contribution in [0.1, 0.15) is 11.1 Å². The van der Waals surface area contributed by atoms with Crippen LogP contribution >= 0.6 is 0 Å². The maximum atomic E-state index is 13.0. The van der Waals surface area contributed by atoms with Crippen LogP contribution in [0.15, 0.2) is 42.5 Å². The summed E-state index contributed by atoms with van der Waals surface area (Å²) < 4.78 is 74.1. The first-order chi connectivity index (χ1) is 14.5. The molecule has 0 bridgehead atoms. The quantitative estimate of drug-likeness (QED) is 0.622. The molecule has 0 saturated carbocycles. The summed E-state index contributed by atoms with van der Waals surface area (Å²) in [5.74, 6) is 0.433. The number of carbonyl (C=O) groups excluding carboxylic acids is 1. The highest BCUT2D eigenvalue weighted by molar-refractivity contribution is 7.92. The van der Waals surface area contributed by atoms with Crippen molar-refractivity contribution in [3.8, 4) is 11.5 Å². The topological polar surface area (TPSA) is 84.9 Å². The number of amides is 1. The molecule has 0 aliphatic heterocycles. The Kier molecular flexibility index (Phi) is 7.77. The van der Waals surface area contributed by atoms with Gasteiger partial charge < -0.3 is 14.8 Å². The summed E-state index contributed by atoms with van der Waals surface area (Å²) in [4.78, 5) is 12.3. The van der Waals surface area contributed by atoms with E-state index in [4.69, 9.17) is 9.47 Å². The van der Waals surface area contributed by atoms with Gasteiger partial charge in [0.2, 0.25) is 15.9 Å². The maximum absolute atomic E-state index is 13.0. The number of anilines is 1. The molecule has 0 spiro atoms. The van der Waals surface area contributed by atoms with Gasteiger partial charge in [0.15, 0.2) is 11.5 Å². The molecule has 7 nitrogen and oxygen atoms in total. The van der Waals surface area contributed by atoms with Crippen molar-refractivity contribution >= 4 is 21.6 Å². The van der Waals surface area contributed by atoms with Crippen molar-refractivity contribution in [3.05, 3.63) is 53.6 Å². The number of nitrogens with one attached hydrogen (secondary N) is 1. The Labute approximate surface area is 178 Å². The number of rotatable bonds is 9. The number of carbonyl (C=O) groups is 1. The zero-order valence-electron chi connectivity index (χ0n) is 17.2. The summed E-state index contributed by atoms with van der Waals surface area (Å²) in [7, 11) is -0.988. The van der Waals surface area contributed by atoms with E-state index in [-0.39, 0.29) is 12.2 Å². The van der Waals surface area contributed by atoms with Crippen LogP contribution in [0.3, 0.4) is 0 Å². The van der Waals surface area contributed by atoms with Gasteiger partial charge in [-0.2, -0.15) is 13.2 Å². The highest BCUT2D eigenvalue weighted by atomic mass is 32.2. The van der Waals surface area contributed by atoms with E-state index in [9.17, 15) is 26.4 Å². The molecule has 0 saturated heterocycles. The largest absolute Gasteiger partial charge is 0.493 e. The molecule has 2 aromatic rings. The predicted octanol–water partition coefficient (Wildman–Crippen LogP) is 2.85. The smallest absolute Gasteiger partial charge is 0.416 e. The van der Waals surface area contributed by atoms with Gasteiger partial charge >= 0.3 is 6.18 Å². The van der Waals surface area contributed by atoms with Crippen LogP contribution in [0.5, 0.6) is 11.5 Å². The molecular weight excluding hydrogens is 437 g/mol. The Hall–Kier alpha value is -2.95. The summed E-state index contributed by atoms with van der Waals surface area (Å²) in [5.41, 5.74) is -0.407. The second-order valence-electron chi connectivity index (χ2n) is 6.61. The van der Waals surface area contributed by atoms with E-state index in [1.165, 1.54) is 20.3 Å². The van der Waals surface area contributed by atoms with Crippen LogP contribution in [-0.4, -0.2) is 47.9 Å². The van der Waals surface area contributed by atoms with Gasteiger partial charge in [0.1, 0.15) is 6.54 Å². The first-order valence-electron chi connectivity index (χ1n) is 9.08. The van der Waals surface area contributed by atoms with E-state index in [0.29, 0.717) is 28.3 Å². The minimum atomic E-state index is -4.64. The fraction of sp³-hybridized carbons (Fsp3) is 0.350. The van der Waals surface area contributed by atoms with Crippen LogP contribution in [0.4, 0.5) is 18.9 Å². The summed E-state index contributed by atoms with van der Waals surface area (Å²) in [6, 6.07) is 9.06. The van der Waals surface area contributed by atoms with Crippen LogP contribution < -0.4 is 19.1 Å². The van der Waals surface area contributed by atoms with Crippen LogP contribution in [0.2, 0.25) is 0 Å². The monoisotopic (exact) mass is 460 g/mol. The van der Waals surface area contributed by atoms with Crippen molar-refractivity contribution in [2.75, 3.05) is 37.9 Å². The number of nitrogens with zero attached hydrogens (tertiary/aromatic N) is 1. The van der Waals surface area contributed by atoms with E-state index in [0.717, 1.165) is 24.0 Å². The van der Waals surface area contributed by atoms with Crippen molar-refractivity contribution in [1.82, 2.24) is 5.32 Å². The Bertz CT molecular complexity index is 1030. The van der Waals surface area contributed by atoms with Crippen LogP contribution in [0, 0.1) is 0 Å². The predicted molar refractivity (Wildman–Crippen MR) is 110 cm³/mol. The molecule has 0 atom stereocenters. The highest BCUT2D eigenvalue weighted by Crippen LogP contribution is 2.32. The zero-order valence-corrected chi connectivity index (χ0v) is 18.0. The highest BCUT2D eigenvalue weighted by Gasteiger charge is 2.32. The molecule has 31 heavy (non-hydrogen) atoms. The standard InChI is InChI=1S/C20H23F3N2O5S/c1-29-17-8-7-14(11-18(17)30-2)9-10-24-19(26)13-25(31(3,27)28)16-6-4-5-15(12-16)20(21,22)23/h4-8,11-12H,9-10,13H2,1-3H3,(H,24,26). The summed E-state index contributed by atoms with van der Waals surface area (Å²) >= 11 is 0. The lowest BCUT2D eigenvalue weighted by molar-refractivity contribution is -0.137. The Morgan fingerprint density at radius 1 is 1.06 bits per heavy atom. The van der Waals surface area contributed by atoms with E-state index < -0.39 is 34.2 Å². The number of methoxy groups -OCH3 is 2. The number of alkyl halides is 3. The fourth-order valence-electron chi connectivity index (χ4n) is 2.81. The third-order valence-corrected chi connectivity index (χ3v) is 5.47. The molecular formula is C20H23F3N2O5S. The lowest BCUT2D eigenvalue weighted by Crippen LogP contribution is -2.41. The number of ether oxygens (including phenoxy) is 2. The van der Waals surface area contributed by atoms with Gasteiger partial charge in [-0.3, -0.25) is 9.10 Å². The van der Waals surface area contributed by atoms with Crippen molar-refractivity contribution < 1.29 is 35.9 Å². The SMILES string of the molecule is COc1ccc(CCNC(=O)CN(c2cccc(C(F)(F)F)c2)S(C)(=O)=O)cc1OC. The van der Waals surface area contributed by atoms with Gasteiger partial charge in [-0.1, -0.05) is 12.1 Å². The molecule has 0 aromatic heterocycles. The third-order valence-electron chi connectivity index (χ3n) is 4.33. The lowest BCUT2D eigenvalue weighted by Gasteiger charge is -2.22. The van der Waals surface area contributed by atoms with E-state index in [1.54, 1.807) is 18.2 Å². The molecule has 0 heterocycles. The second kappa shape index (κ2) is 9.90. The van der Waals surface area contributed by atoms with E-state index in [1.807, 2.05) is 0 Å². The van der Waals surface area contributed by atoms with Gasteiger partial charge in [0, 0.05) is 6.54 Å². The first-order valence-corrected chi connectivity index (χ1v) is 10.9. The molecule has 0 aliphatic carbocycles. The Balaban J connectivity index is 2.06. The van der Waals surface area contributed by atoms with Crippen molar-refractivity contribution in [2.24, 2.45) is 0 Å². The number of benzene rings is 2. The summed E-state index contributed by atoms with van der Waals surface area (Å²) in [5, 5.41) is 2.58. The minimum absolute atomic E-state index is 0.189.